The molecule has 0 aromatic carbocycles. The molecule has 2 N–H and O–H groups in total. The summed E-state index contributed by atoms with van der Waals surface area (Å²) in [7, 11) is 0. The highest BCUT2D eigenvalue weighted by Gasteiger charge is 2.24. The van der Waals surface area contributed by atoms with E-state index in [2.05, 4.69) is 20.5 Å². The molecule has 1 aromatic rings. The molecule has 0 aliphatic heterocycles. The highest BCUT2D eigenvalue weighted by Crippen LogP contribution is 2.19. The van der Waals surface area contributed by atoms with Crippen LogP contribution < -0.4 is 5.32 Å². The van der Waals surface area contributed by atoms with Crippen LogP contribution in [-0.2, 0) is 11.3 Å². The summed E-state index contributed by atoms with van der Waals surface area (Å²) >= 11 is 0. The Morgan fingerprint density at radius 3 is 2.86 bits per heavy atom. The number of rotatable bonds is 4. The summed E-state index contributed by atoms with van der Waals surface area (Å²) in [5, 5.41) is 9.18. The Morgan fingerprint density at radius 2 is 2.36 bits per heavy atom. The van der Waals surface area contributed by atoms with Crippen LogP contribution in [0, 0.1) is 5.41 Å². The van der Waals surface area contributed by atoms with Gasteiger partial charge in [-0.25, -0.2) is 4.98 Å². The minimum atomic E-state index is -0.319. The van der Waals surface area contributed by atoms with Crippen LogP contribution in [0.2, 0.25) is 0 Å². The van der Waals surface area contributed by atoms with Gasteiger partial charge in [0.1, 0.15) is 12.2 Å². The lowest BCUT2D eigenvalue weighted by atomic mass is 9.89. The van der Waals surface area contributed by atoms with Gasteiger partial charge in [-0.1, -0.05) is 20.8 Å². The number of H-pyrrole nitrogens is 1. The van der Waals surface area contributed by atoms with Gasteiger partial charge in [-0.05, 0) is 6.42 Å². The number of carbonyl (C=O) groups excluding carboxylic acids is 1. The van der Waals surface area contributed by atoms with Gasteiger partial charge < -0.3 is 5.32 Å². The Morgan fingerprint density at radius 1 is 1.64 bits per heavy atom. The summed E-state index contributed by atoms with van der Waals surface area (Å²) in [5.41, 5.74) is -0.319. The monoisotopic (exact) mass is 196 g/mol. The number of carbonyl (C=O) groups is 1. The van der Waals surface area contributed by atoms with Crippen molar-refractivity contribution in [2.45, 2.75) is 33.7 Å². The van der Waals surface area contributed by atoms with Crippen molar-refractivity contribution >= 4 is 5.91 Å². The number of nitrogens with zero attached hydrogens (tertiary/aromatic N) is 2. The fraction of sp³-hybridized carbons (Fsp3) is 0.667. The van der Waals surface area contributed by atoms with E-state index in [1.165, 1.54) is 6.33 Å². The standard InChI is InChI=1S/C9H16N4O/c1-4-9(2,3)8(14)10-5-7-11-6-12-13-7/h6H,4-5H2,1-3H3,(H,10,14)(H,11,12,13). The quantitative estimate of drug-likeness (QED) is 0.750. The normalized spacial score (nSPS) is 11.4. The lowest BCUT2D eigenvalue weighted by molar-refractivity contribution is -0.129. The highest BCUT2D eigenvalue weighted by molar-refractivity contribution is 5.81. The molecule has 0 saturated carbocycles. The minimum Gasteiger partial charge on any atom is -0.348 e. The first-order valence-corrected chi connectivity index (χ1v) is 4.69. The molecule has 1 aromatic heterocycles. The maximum atomic E-state index is 11.6. The Labute approximate surface area is 83.3 Å². The smallest absolute Gasteiger partial charge is 0.226 e. The Bertz CT molecular complexity index is 292. The topological polar surface area (TPSA) is 70.7 Å². The zero-order valence-corrected chi connectivity index (χ0v) is 8.79. The zero-order chi connectivity index (χ0) is 10.6. The number of nitrogens with one attached hydrogen (secondary N) is 2. The second kappa shape index (κ2) is 4.21. The van der Waals surface area contributed by atoms with Crippen LogP contribution in [0.3, 0.4) is 0 Å². The molecule has 0 fully saturated rings. The van der Waals surface area contributed by atoms with Gasteiger partial charge in [0.25, 0.3) is 0 Å². The summed E-state index contributed by atoms with van der Waals surface area (Å²) in [4.78, 5) is 15.5. The maximum absolute atomic E-state index is 11.6. The van der Waals surface area contributed by atoms with Crippen LogP contribution >= 0.6 is 0 Å². The third-order valence-electron chi connectivity index (χ3n) is 2.38. The molecule has 0 bridgehead atoms. The molecule has 0 radical (unpaired) electrons. The fourth-order valence-electron chi connectivity index (χ4n) is 0.880. The van der Waals surface area contributed by atoms with Crippen molar-refractivity contribution in [2.75, 3.05) is 0 Å². The zero-order valence-electron chi connectivity index (χ0n) is 8.79. The van der Waals surface area contributed by atoms with Crippen LogP contribution in [0.15, 0.2) is 6.33 Å². The minimum absolute atomic E-state index is 0.0383. The van der Waals surface area contributed by atoms with Crippen molar-refractivity contribution in [3.05, 3.63) is 12.2 Å². The number of hydrogen-bond acceptors (Lipinski definition) is 3. The second-order valence-corrected chi connectivity index (χ2v) is 3.85. The Hall–Kier alpha value is -1.39. The van der Waals surface area contributed by atoms with Crippen molar-refractivity contribution in [2.24, 2.45) is 5.41 Å². The maximum Gasteiger partial charge on any atom is 0.226 e. The molecule has 5 heteroatoms. The van der Waals surface area contributed by atoms with Gasteiger partial charge in [-0.3, -0.25) is 9.89 Å². The molecule has 5 nitrogen and oxygen atoms in total. The first-order valence-electron chi connectivity index (χ1n) is 4.69. The van der Waals surface area contributed by atoms with Crippen LogP contribution in [0.4, 0.5) is 0 Å². The number of aromatic amines is 1. The molecule has 0 atom stereocenters. The van der Waals surface area contributed by atoms with Crippen LogP contribution in [0.5, 0.6) is 0 Å². The molecular weight excluding hydrogens is 180 g/mol. The van der Waals surface area contributed by atoms with E-state index < -0.39 is 0 Å². The molecule has 0 aliphatic carbocycles. The summed E-state index contributed by atoms with van der Waals surface area (Å²) in [5.74, 6) is 0.710. The molecule has 0 spiro atoms. The van der Waals surface area contributed by atoms with Crippen LogP contribution in [-0.4, -0.2) is 21.1 Å². The molecule has 78 valence electrons. The van der Waals surface area contributed by atoms with Crippen molar-refractivity contribution in [1.82, 2.24) is 20.5 Å². The van der Waals surface area contributed by atoms with Crippen molar-refractivity contribution in [1.29, 1.82) is 0 Å². The number of aromatic nitrogens is 3. The first kappa shape index (κ1) is 10.7. The van der Waals surface area contributed by atoms with E-state index in [-0.39, 0.29) is 11.3 Å². The summed E-state index contributed by atoms with van der Waals surface area (Å²) in [6.07, 6.45) is 2.24. The molecule has 0 aliphatic rings. The third-order valence-corrected chi connectivity index (χ3v) is 2.38. The van der Waals surface area contributed by atoms with E-state index in [1.54, 1.807) is 0 Å². The second-order valence-electron chi connectivity index (χ2n) is 3.85. The van der Waals surface area contributed by atoms with Crippen molar-refractivity contribution < 1.29 is 4.79 Å². The molecular formula is C9H16N4O. The predicted molar refractivity (Wildman–Crippen MR) is 52.3 cm³/mol. The van der Waals surface area contributed by atoms with Gasteiger partial charge in [0.15, 0.2) is 0 Å². The SMILES string of the molecule is CCC(C)(C)C(=O)NCc1ncn[nH]1. The highest BCUT2D eigenvalue weighted by atomic mass is 16.2. The molecule has 0 unspecified atom stereocenters. The van der Waals surface area contributed by atoms with E-state index >= 15 is 0 Å². The molecule has 1 amide bonds. The van der Waals surface area contributed by atoms with E-state index in [0.717, 1.165) is 6.42 Å². The molecule has 0 saturated heterocycles. The van der Waals surface area contributed by atoms with Crippen LogP contribution in [0.1, 0.15) is 33.0 Å². The van der Waals surface area contributed by atoms with Gasteiger partial charge in [-0.2, -0.15) is 5.10 Å². The van der Waals surface area contributed by atoms with Crippen molar-refractivity contribution in [3.63, 3.8) is 0 Å². The fourth-order valence-corrected chi connectivity index (χ4v) is 0.880. The molecule has 1 rings (SSSR count). The van der Waals surface area contributed by atoms with Crippen LogP contribution in [0.25, 0.3) is 0 Å². The van der Waals surface area contributed by atoms with E-state index in [4.69, 9.17) is 0 Å². The molecule has 14 heavy (non-hydrogen) atoms. The van der Waals surface area contributed by atoms with Gasteiger partial charge in [-0.15, -0.1) is 0 Å². The van der Waals surface area contributed by atoms with Gasteiger partial charge in [0, 0.05) is 5.41 Å². The Kier molecular flexibility index (Phi) is 3.22. The lowest BCUT2D eigenvalue weighted by Crippen LogP contribution is -2.36. The predicted octanol–water partition coefficient (Wildman–Crippen LogP) is 0.857. The van der Waals surface area contributed by atoms with E-state index in [0.29, 0.717) is 12.4 Å². The summed E-state index contributed by atoms with van der Waals surface area (Å²) in [6.45, 7) is 6.24. The number of amides is 1. The third kappa shape index (κ3) is 2.55. The van der Waals surface area contributed by atoms with E-state index in [1.807, 2.05) is 20.8 Å². The average molecular weight is 196 g/mol. The van der Waals surface area contributed by atoms with E-state index in [9.17, 15) is 4.79 Å². The summed E-state index contributed by atoms with van der Waals surface area (Å²) < 4.78 is 0. The van der Waals surface area contributed by atoms with Gasteiger partial charge in [0.2, 0.25) is 5.91 Å². The Balaban J connectivity index is 2.43. The van der Waals surface area contributed by atoms with Gasteiger partial charge in [0.05, 0.1) is 6.54 Å². The summed E-state index contributed by atoms with van der Waals surface area (Å²) in [6, 6.07) is 0. The first-order chi connectivity index (χ1) is 6.56. The molecule has 1 heterocycles. The lowest BCUT2D eigenvalue weighted by Gasteiger charge is -2.20. The largest absolute Gasteiger partial charge is 0.348 e. The number of hydrogen-bond donors (Lipinski definition) is 2. The average Bonchev–Trinajstić information content (AvgIpc) is 2.66. The van der Waals surface area contributed by atoms with Crippen molar-refractivity contribution in [3.8, 4) is 0 Å². The van der Waals surface area contributed by atoms with Gasteiger partial charge >= 0.3 is 0 Å².